The molecule has 0 bridgehead atoms. The summed E-state index contributed by atoms with van der Waals surface area (Å²) >= 11 is 0. The number of nitrogens with zero attached hydrogens (tertiary/aromatic N) is 3. The van der Waals surface area contributed by atoms with Crippen molar-refractivity contribution in [2.24, 2.45) is 0 Å². The summed E-state index contributed by atoms with van der Waals surface area (Å²) in [5.41, 5.74) is 0. The molecule has 1 aliphatic heterocycles. The first kappa shape index (κ1) is 14.0. The zero-order chi connectivity index (χ0) is 13.8. The maximum Gasteiger partial charge on any atom is 0.224 e. The van der Waals surface area contributed by atoms with Crippen LogP contribution in [0.5, 0.6) is 0 Å². The Balaban J connectivity index is 2.17. The molecule has 0 amide bonds. The van der Waals surface area contributed by atoms with Crippen LogP contribution in [0, 0.1) is 5.82 Å². The van der Waals surface area contributed by atoms with Crippen molar-refractivity contribution in [1.29, 1.82) is 0 Å². The van der Waals surface area contributed by atoms with E-state index in [0.29, 0.717) is 18.4 Å². The number of hydrogen-bond donors (Lipinski definition) is 1. The predicted octanol–water partition coefficient (Wildman–Crippen LogP) is 2.05. The van der Waals surface area contributed by atoms with Crippen LogP contribution in [0.4, 0.5) is 16.2 Å². The van der Waals surface area contributed by atoms with Crippen molar-refractivity contribution < 1.29 is 9.13 Å². The van der Waals surface area contributed by atoms with Gasteiger partial charge in [0.2, 0.25) is 5.95 Å². The molecular weight excluding hydrogens is 247 g/mol. The van der Waals surface area contributed by atoms with E-state index in [1.165, 1.54) is 6.20 Å². The zero-order valence-corrected chi connectivity index (χ0v) is 11.7. The van der Waals surface area contributed by atoms with Crippen molar-refractivity contribution in [2.75, 3.05) is 30.4 Å². The molecule has 2 heterocycles. The Morgan fingerprint density at radius 1 is 1.58 bits per heavy atom. The average Bonchev–Trinajstić information content (AvgIpc) is 2.83. The molecule has 0 aliphatic carbocycles. The molecule has 0 saturated carbocycles. The molecule has 1 aliphatic rings. The van der Waals surface area contributed by atoms with Gasteiger partial charge in [0.15, 0.2) is 11.6 Å². The van der Waals surface area contributed by atoms with Gasteiger partial charge in [-0.2, -0.15) is 4.98 Å². The van der Waals surface area contributed by atoms with Crippen molar-refractivity contribution in [3.63, 3.8) is 0 Å². The van der Waals surface area contributed by atoms with Gasteiger partial charge in [0.1, 0.15) is 0 Å². The van der Waals surface area contributed by atoms with Gasteiger partial charge in [0, 0.05) is 20.2 Å². The lowest BCUT2D eigenvalue weighted by Gasteiger charge is -2.28. The summed E-state index contributed by atoms with van der Waals surface area (Å²) in [6.07, 6.45) is 3.17. The Bertz CT molecular complexity index is 429. The summed E-state index contributed by atoms with van der Waals surface area (Å²) in [6, 6.07) is 0.156. The number of ether oxygens (including phenoxy) is 1. The second-order valence-corrected chi connectivity index (χ2v) is 4.83. The van der Waals surface area contributed by atoms with Gasteiger partial charge in [-0.25, -0.2) is 9.37 Å². The zero-order valence-electron chi connectivity index (χ0n) is 11.7. The van der Waals surface area contributed by atoms with E-state index in [-0.39, 0.29) is 12.1 Å². The molecule has 1 fully saturated rings. The molecule has 1 N–H and O–H groups in total. The van der Waals surface area contributed by atoms with E-state index >= 15 is 0 Å². The predicted molar refractivity (Wildman–Crippen MR) is 73.0 cm³/mol. The molecule has 0 spiro atoms. The Labute approximate surface area is 113 Å². The fourth-order valence-electron chi connectivity index (χ4n) is 2.31. The quantitative estimate of drug-likeness (QED) is 0.885. The van der Waals surface area contributed by atoms with Crippen molar-refractivity contribution in [3.8, 4) is 0 Å². The van der Waals surface area contributed by atoms with Crippen molar-refractivity contribution >= 4 is 11.8 Å². The molecule has 1 saturated heterocycles. The minimum Gasteiger partial charge on any atom is -0.376 e. The van der Waals surface area contributed by atoms with Crippen LogP contribution in [0.25, 0.3) is 0 Å². The van der Waals surface area contributed by atoms with Crippen LogP contribution in [-0.2, 0) is 4.74 Å². The molecule has 1 aromatic heterocycles. The second kappa shape index (κ2) is 6.14. The highest BCUT2D eigenvalue weighted by Gasteiger charge is 2.30. The fourth-order valence-corrected chi connectivity index (χ4v) is 2.31. The Morgan fingerprint density at radius 2 is 2.37 bits per heavy atom. The number of halogens is 1. The summed E-state index contributed by atoms with van der Waals surface area (Å²) in [4.78, 5) is 10.1. The van der Waals surface area contributed by atoms with Crippen LogP contribution in [0.1, 0.15) is 26.7 Å². The maximum absolute atomic E-state index is 13.9. The number of aromatic nitrogens is 2. The number of nitrogens with one attached hydrogen (secondary N) is 1. The fraction of sp³-hybridized carbons (Fsp3) is 0.692. The first-order chi connectivity index (χ1) is 9.13. The minimum absolute atomic E-state index is 0.0893. The lowest BCUT2D eigenvalue weighted by molar-refractivity contribution is 0.118. The van der Waals surface area contributed by atoms with Crippen LogP contribution in [0.3, 0.4) is 0 Å². The molecule has 6 heteroatoms. The first-order valence-corrected chi connectivity index (χ1v) is 6.74. The number of hydrogen-bond acceptors (Lipinski definition) is 5. The van der Waals surface area contributed by atoms with Crippen molar-refractivity contribution in [2.45, 2.75) is 38.8 Å². The molecular formula is C13H21FN4O. The van der Waals surface area contributed by atoms with Crippen molar-refractivity contribution in [1.82, 2.24) is 9.97 Å². The highest BCUT2D eigenvalue weighted by atomic mass is 19.1. The summed E-state index contributed by atoms with van der Waals surface area (Å²) < 4.78 is 19.4. The van der Waals surface area contributed by atoms with Gasteiger partial charge in [0.05, 0.1) is 18.3 Å². The van der Waals surface area contributed by atoms with Crippen LogP contribution < -0.4 is 10.2 Å². The smallest absolute Gasteiger partial charge is 0.224 e. The van der Waals surface area contributed by atoms with E-state index in [9.17, 15) is 4.39 Å². The highest BCUT2D eigenvalue weighted by molar-refractivity contribution is 5.44. The van der Waals surface area contributed by atoms with Gasteiger partial charge in [-0.15, -0.1) is 0 Å². The van der Waals surface area contributed by atoms with Crippen LogP contribution >= 0.6 is 0 Å². The second-order valence-electron chi connectivity index (χ2n) is 4.83. The molecule has 1 aromatic rings. The Morgan fingerprint density at radius 3 is 3.00 bits per heavy atom. The van der Waals surface area contributed by atoms with E-state index in [1.54, 1.807) is 0 Å². The van der Waals surface area contributed by atoms with E-state index in [0.717, 1.165) is 19.4 Å². The summed E-state index contributed by atoms with van der Waals surface area (Å²) in [6.45, 7) is 5.55. The van der Waals surface area contributed by atoms with Gasteiger partial charge in [-0.1, -0.05) is 6.92 Å². The standard InChI is InChI=1S/C13H21FN4O/c1-4-6-15-13-16-8-10(14)12(17-13)18(3)11-5-7-19-9(11)2/h8-9,11H,4-7H2,1-3H3,(H,15,16,17). The number of rotatable bonds is 5. The monoisotopic (exact) mass is 268 g/mol. The van der Waals surface area contributed by atoms with Crippen molar-refractivity contribution in [3.05, 3.63) is 12.0 Å². The third-order valence-electron chi connectivity index (χ3n) is 3.43. The summed E-state index contributed by atoms with van der Waals surface area (Å²) in [5, 5.41) is 3.07. The van der Waals surface area contributed by atoms with E-state index in [4.69, 9.17) is 4.74 Å². The topological polar surface area (TPSA) is 50.3 Å². The highest BCUT2D eigenvalue weighted by Crippen LogP contribution is 2.25. The summed E-state index contributed by atoms with van der Waals surface area (Å²) in [5.74, 6) is 0.399. The number of anilines is 2. The Kier molecular flexibility index (Phi) is 4.52. The number of likely N-dealkylation sites (N-methyl/N-ethyl adjacent to an activating group) is 1. The molecule has 19 heavy (non-hydrogen) atoms. The lowest BCUT2D eigenvalue weighted by atomic mass is 10.1. The van der Waals surface area contributed by atoms with Crippen LogP contribution in [-0.4, -0.2) is 42.3 Å². The van der Waals surface area contributed by atoms with Crippen LogP contribution in [0.15, 0.2) is 6.20 Å². The normalized spacial score (nSPS) is 22.5. The Hall–Kier alpha value is -1.43. The van der Waals surface area contributed by atoms with Gasteiger partial charge in [-0.05, 0) is 19.8 Å². The molecule has 2 atom stereocenters. The third-order valence-corrected chi connectivity index (χ3v) is 3.43. The SMILES string of the molecule is CCCNc1ncc(F)c(N(C)C2CCOC2C)n1. The van der Waals surface area contributed by atoms with Gasteiger partial charge in [0.25, 0.3) is 0 Å². The minimum atomic E-state index is -0.399. The first-order valence-electron chi connectivity index (χ1n) is 6.74. The lowest BCUT2D eigenvalue weighted by Crippen LogP contribution is -2.38. The maximum atomic E-state index is 13.9. The molecule has 5 nitrogen and oxygen atoms in total. The van der Waals surface area contributed by atoms with E-state index in [1.807, 2.05) is 18.9 Å². The molecule has 0 aromatic carbocycles. The largest absolute Gasteiger partial charge is 0.376 e. The third kappa shape index (κ3) is 3.12. The molecule has 0 radical (unpaired) electrons. The molecule has 2 unspecified atom stereocenters. The summed E-state index contributed by atoms with van der Waals surface area (Å²) in [7, 11) is 1.85. The van der Waals surface area contributed by atoms with Gasteiger partial charge >= 0.3 is 0 Å². The van der Waals surface area contributed by atoms with E-state index in [2.05, 4.69) is 22.2 Å². The van der Waals surface area contributed by atoms with E-state index < -0.39 is 5.82 Å². The molecule has 2 rings (SSSR count). The van der Waals surface area contributed by atoms with Gasteiger partial charge in [-0.3, -0.25) is 0 Å². The average molecular weight is 268 g/mol. The molecule has 106 valence electrons. The van der Waals surface area contributed by atoms with Gasteiger partial charge < -0.3 is 15.0 Å². The van der Waals surface area contributed by atoms with Crippen LogP contribution in [0.2, 0.25) is 0 Å².